The van der Waals surface area contributed by atoms with E-state index >= 15 is 0 Å². The number of amidine groups is 1. The molecule has 4 N–H and O–H groups in total. The molecular weight excluding hydrogens is 254 g/mol. The highest BCUT2D eigenvalue weighted by molar-refractivity contribution is 7.13. The maximum Gasteiger partial charge on any atom is 0.224 e. The summed E-state index contributed by atoms with van der Waals surface area (Å²) in [6, 6.07) is 3.78. The van der Waals surface area contributed by atoms with E-state index in [1.807, 2.05) is 29.8 Å². The van der Waals surface area contributed by atoms with Crippen LogP contribution >= 0.6 is 22.7 Å². The summed E-state index contributed by atoms with van der Waals surface area (Å²) < 4.78 is 0. The van der Waals surface area contributed by atoms with E-state index in [1.54, 1.807) is 0 Å². The summed E-state index contributed by atoms with van der Waals surface area (Å²) in [4.78, 5) is 13.1. The summed E-state index contributed by atoms with van der Waals surface area (Å²) in [5, 5.41) is 4.41. The fourth-order valence-electron chi connectivity index (χ4n) is 1.12. The van der Waals surface area contributed by atoms with Crippen molar-refractivity contribution in [3.05, 3.63) is 33.5 Å². The smallest absolute Gasteiger partial charge is 0.224 e. The number of rotatable bonds is 2. The van der Waals surface area contributed by atoms with Gasteiger partial charge in [-0.3, -0.25) is 0 Å². The SMILES string of the molecule is Cc1csc(/N=C(N)/N=C(\N)c2cccs2)n1. The number of thiazole rings is 1. The van der Waals surface area contributed by atoms with Crippen LogP contribution in [0.4, 0.5) is 5.13 Å². The molecule has 5 nitrogen and oxygen atoms in total. The second kappa shape index (κ2) is 5.07. The standard InChI is InChI=1S/C10H11N5S2/c1-6-5-17-10(13-6)15-9(12)14-8(11)7-3-2-4-16-7/h2-5H,1H3,(H4,11,12,13,14,15). The molecule has 0 unspecified atom stereocenters. The third kappa shape index (κ3) is 3.11. The quantitative estimate of drug-likeness (QED) is 0.641. The number of aryl methyl sites for hydroxylation is 1. The minimum atomic E-state index is 0.116. The molecule has 0 amide bonds. The molecule has 2 aromatic rings. The monoisotopic (exact) mass is 265 g/mol. The Morgan fingerprint density at radius 3 is 2.76 bits per heavy atom. The number of hydrogen-bond donors (Lipinski definition) is 2. The summed E-state index contributed by atoms with van der Waals surface area (Å²) in [7, 11) is 0. The van der Waals surface area contributed by atoms with Gasteiger partial charge < -0.3 is 11.5 Å². The first-order chi connectivity index (χ1) is 8.15. The number of aromatic nitrogens is 1. The predicted molar refractivity (Wildman–Crippen MR) is 73.2 cm³/mol. The van der Waals surface area contributed by atoms with Gasteiger partial charge >= 0.3 is 0 Å². The molecule has 2 heterocycles. The van der Waals surface area contributed by atoms with E-state index in [1.165, 1.54) is 22.7 Å². The molecule has 0 aliphatic heterocycles. The molecule has 2 rings (SSSR count). The van der Waals surface area contributed by atoms with E-state index in [0.29, 0.717) is 11.0 Å². The summed E-state index contributed by atoms with van der Waals surface area (Å²) in [5.41, 5.74) is 12.4. The Morgan fingerprint density at radius 2 is 2.18 bits per heavy atom. The third-order valence-corrected chi connectivity index (χ3v) is 3.57. The molecule has 17 heavy (non-hydrogen) atoms. The summed E-state index contributed by atoms with van der Waals surface area (Å²) in [5.74, 6) is 0.486. The molecule has 0 saturated heterocycles. The third-order valence-electron chi connectivity index (χ3n) is 1.83. The van der Waals surface area contributed by atoms with E-state index in [2.05, 4.69) is 15.0 Å². The molecule has 0 saturated carbocycles. The van der Waals surface area contributed by atoms with Crippen LogP contribution < -0.4 is 11.5 Å². The van der Waals surface area contributed by atoms with Crippen LogP contribution in [0.15, 0.2) is 32.9 Å². The van der Waals surface area contributed by atoms with Crippen LogP contribution in [0.25, 0.3) is 0 Å². The Kier molecular flexibility index (Phi) is 3.50. The van der Waals surface area contributed by atoms with Gasteiger partial charge in [0.2, 0.25) is 11.1 Å². The first-order valence-electron chi connectivity index (χ1n) is 4.79. The number of guanidine groups is 1. The van der Waals surface area contributed by atoms with Gasteiger partial charge in [-0.2, -0.15) is 9.98 Å². The van der Waals surface area contributed by atoms with Gasteiger partial charge in [0.05, 0.1) is 10.6 Å². The zero-order valence-corrected chi connectivity index (χ0v) is 10.8. The zero-order chi connectivity index (χ0) is 12.3. The van der Waals surface area contributed by atoms with Crippen molar-refractivity contribution < 1.29 is 0 Å². The van der Waals surface area contributed by atoms with Gasteiger partial charge in [-0.1, -0.05) is 6.07 Å². The lowest BCUT2D eigenvalue weighted by Gasteiger charge is -1.95. The zero-order valence-electron chi connectivity index (χ0n) is 9.12. The van der Waals surface area contributed by atoms with Crippen LogP contribution in [-0.4, -0.2) is 16.8 Å². The van der Waals surface area contributed by atoms with Crippen molar-refractivity contribution >= 4 is 39.6 Å². The van der Waals surface area contributed by atoms with E-state index in [4.69, 9.17) is 11.5 Å². The lowest BCUT2D eigenvalue weighted by atomic mass is 10.4. The minimum absolute atomic E-state index is 0.116. The molecule has 0 bridgehead atoms. The highest BCUT2D eigenvalue weighted by Crippen LogP contribution is 2.17. The molecule has 0 fully saturated rings. The fraction of sp³-hybridized carbons (Fsp3) is 0.100. The van der Waals surface area contributed by atoms with Crippen LogP contribution in [0, 0.1) is 6.92 Å². The largest absolute Gasteiger partial charge is 0.382 e. The second-order valence-corrected chi connectivity index (χ2v) is 5.00. The van der Waals surface area contributed by atoms with Crippen LogP contribution in [0.1, 0.15) is 10.6 Å². The number of thiophene rings is 1. The van der Waals surface area contributed by atoms with Gasteiger partial charge in [-0.15, -0.1) is 22.7 Å². The Morgan fingerprint density at radius 1 is 1.35 bits per heavy atom. The van der Waals surface area contributed by atoms with E-state index < -0.39 is 0 Å². The van der Waals surface area contributed by atoms with Crippen molar-refractivity contribution in [3.63, 3.8) is 0 Å². The average Bonchev–Trinajstić information content (AvgIpc) is 2.89. The first kappa shape index (κ1) is 11.7. The number of aliphatic imine (C=N–C) groups is 2. The van der Waals surface area contributed by atoms with Gasteiger partial charge in [0.1, 0.15) is 5.84 Å². The van der Waals surface area contributed by atoms with E-state index in [-0.39, 0.29) is 5.96 Å². The summed E-state index contributed by atoms with van der Waals surface area (Å²) >= 11 is 2.92. The predicted octanol–water partition coefficient (Wildman–Crippen LogP) is 1.86. The number of nitrogens with two attached hydrogens (primary N) is 2. The Balaban J connectivity index is 2.18. The van der Waals surface area contributed by atoms with Gasteiger partial charge in [-0.25, -0.2) is 4.98 Å². The van der Waals surface area contributed by atoms with Crippen LogP contribution in [-0.2, 0) is 0 Å². The van der Waals surface area contributed by atoms with E-state index in [0.717, 1.165) is 10.6 Å². The molecule has 0 spiro atoms. The highest BCUT2D eigenvalue weighted by atomic mass is 32.1. The molecule has 7 heteroatoms. The van der Waals surface area contributed by atoms with Gasteiger partial charge in [0.15, 0.2) is 0 Å². The molecule has 0 aliphatic rings. The van der Waals surface area contributed by atoms with Crippen LogP contribution in [0.2, 0.25) is 0 Å². The summed E-state index contributed by atoms with van der Waals surface area (Å²) in [6.07, 6.45) is 0. The van der Waals surface area contributed by atoms with Crippen molar-refractivity contribution in [2.45, 2.75) is 6.92 Å². The number of nitrogens with zero attached hydrogens (tertiary/aromatic N) is 3. The Labute approximate surface area is 107 Å². The van der Waals surface area contributed by atoms with Crippen LogP contribution in [0.3, 0.4) is 0 Å². The lowest BCUT2D eigenvalue weighted by molar-refractivity contribution is 1.23. The molecule has 0 aliphatic carbocycles. The number of hydrogen-bond acceptors (Lipinski definition) is 4. The van der Waals surface area contributed by atoms with Gasteiger partial charge in [-0.05, 0) is 18.4 Å². The average molecular weight is 265 g/mol. The molecule has 2 aromatic heterocycles. The van der Waals surface area contributed by atoms with Gasteiger partial charge in [0.25, 0.3) is 0 Å². The normalized spacial score (nSPS) is 13.0. The van der Waals surface area contributed by atoms with Crippen molar-refractivity contribution in [2.24, 2.45) is 21.5 Å². The maximum atomic E-state index is 5.78. The first-order valence-corrected chi connectivity index (χ1v) is 6.55. The highest BCUT2D eigenvalue weighted by Gasteiger charge is 2.01. The lowest BCUT2D eigenvalue weighted by Crippen LogP contribution is -2.18. The van der Waals surface area contributed by atoms with Crippen molar-refractivity contribution in [2.75, 3.05) is 0 Å². The van der Waals surface area contributed by atoms with Crippen molar-refractivity contribution in [3.8, 4) is 0 Å². The fourth-order valence-corrected chi connectivity index (χ4v) is 2.42. The molecular formula is C10H11N5S2. The van der Waals surface area contributed by atoms with Gasteiger partial charge in [0, 0.05) is 5.38 Å². The summed E-state index contributed by atoms with van der Waals surface area (Å²) in [6.45, 7) is 1.90. The van der Waals surface area contributed by atoms with Crippen LogP contribution in [0.5, 0.6) is 0 Å². The topological polar surface area (TPSA) is 89.6 Å². The molecule has 0 aromatic carbocycles. The molecule has 88 valence electrons. The van der Waals surface area contributed by atoms with Crippen molar-refractivity contribution in [1.29, 1.82) is 0 Å². The van der Waals surface area contributed by atoms with E-state index in [9.17, 15) is 0 Å². The van der Waals surface area contributed by atoms with Crippen molar-refractivity contribution in [1.82, 2.24) is 4.98 Å². The minimum Gasteiger partial charge on any atom is -0.382 e. The second-order valence-electron chi connectivity index (χ2n) is 3.22. The molecule has 0 atom stereocenters. The molecule has 0 radical (unpaired) electrons. The Bertz CT molecular complexity index is 553. The maximum absolute atomic E-state index is 5.78. The Hall–Kier alpha value is -1.73.